The van der Waals surface area contributed by atoms with Gasteiger partial charge in [0.1, 0.15) is 0 Å². The van der Waals surface area contributed by atoms with Crippen molar-refractivity contribution in [1.29, 1.82) is 0 Å². The molecule has 0 radical (unpaired) electrons. The Morgan fingerprint density at radius 1 is 1.17 bits per heavy atom. The van der Waals surface area contributed by atoms with Crippen molar-refractivity contribution in [1.82, 2.24) is 15.1 Å². The van der Waals surface area contributed by atoms with Crippen LogP contribution in [0.1, 0.15) is 19.3 Å². The van der Waals surface area contributed by atoms with E-state index in [2.05, 4.69) is 5.32 Å². The maximum absolute atomic E-state index is 12.2. The highest BCUT2D eigenvalue weighted by molar-refractivity contribution is 5.82. The Labute approximate surface area is 107 Å². The molecule has 0 spiro atoms. The zero-order chi connectivity index (χ0) is 13.0. The largest absolute Gasteiger partial charge is 0.480 e. The molecule has 2 saturated heterocycles. The normalized spacial score (nSPS) is 26.0. The minimum absolute atomic E-state index is 0.0176. The Morgan fingerprint density at radius 3 is 2.67 bits per heavy atom. The van der Waals surface area contributed by atoms with Gasteiger partial charge in [-0.1, -0.05) is 0 Å². The van der Waals surface area contributed by atoms with E-state index < -0.39 is 5.97 Å². The molecule has 0 saturated carbocycles. The van der Waals surface area contributed by atoms with Crippen LogP contribution in [-0.2, 0) is 9.59 Å². The van der Waals surface area contributed by atoms with Gasteiger partial charge < -0.3 is 15.3 Å². The maximum Gasteiger partial charge on any atom is 0.317 e. The lowest BCUT2D eigenvalue weighted by Crippen LogP contribution is -2.45. The fraction of sp³-hybridized carbons (Fsp3) is 0.833. The molecule has 0 aromatic rings. The van der Waals surface area contributed by atoms with E-state index in [-0.39, 0.29) is 18.5 Å². The Kier molecular flexibility index (Phi) is 4.54. The van der Waals surface area contributed by atoms with Crippen molar-refractivity contribution in [2.24, 2.45) is 0 Å². The molecule has 102 valence electrons. The highest BCUT2D eigenvalue weighted by Gasteiger charge is 2.28. The van der Waals surface area contributed by atoms with E-state index in [0.29, 0.717) is 13.1 Å². The highest BCUT2D eigenvalue weighted by atomic mass is 16.4. The monoisotopic (exact) mass is 255 g/mol. The summed E-state index contributed by atoms with van der Waals surface area (Å²) in [5, 5.41) is 12.0. The molecule has 1 atom stereocenters. The third-order valence-electron chi connectivity index (χ3n) is 3.62. The number of carbonyl (C=O) groups is 2. The summed E-state index contributed by atoms with van der Waals surface area (Å²) in [5.74, 6) is -0.614. The number of amides is 1. The molecule has 0 aliphatic carbocycles. The average molecular weight is 255 g/mol. The molecule has 0 aromatic carbocycles. The van der Waals surface area contributed by atoms with Gasteiger partial charge in [0.15, 0.2) is 0 Å². The Hall–Kier alpha value is -1.14. The average Bonchev–Trinajstić information content (AvgIpc) is 2.76. The number of carbonyl (C=O) groups excluding carboxylic acids is 1. The number of aliphatic carboxylic acids is 1. The number of carboxylic acid groups (broad SMARTS) is 1. The molecule has 0 bridgehead atoms. The van der Waals surface area contributed by atoms with E-state index in [1.54, 1.807) is 0 Å². The van der Waals surface area contributed by atoms with Gasteiger partial charge >= 0.3 is 5.97 Å². The van der Waals surface area contributed by atoms with Crippen molar-refractivity contribution in [2.45, 2.75) is 25.3 Å². The fourth-order valence-corrected chi connectivity index (χ4v) is 2.66. The summed E-state index contributed by atoms with van der Waals surface area (Å²) in [6.45, 7) is 3.80. The second-order valence-electron chi connectivity index (χ2n) is 5.00. The van der Waals surface area contributed by atoms with Gasteiger partial charge in [-0.05, 0) is 25.8 Å². The van der Waals surface area contributed by atoms with E-state index in [4.69, 9.17) is 5.11 Å². The van der Waals surface area contributed by atoms with Crippen LogP contribution in [0.3, 0.4) is 0 Å². The first kappa shape index (κ1) is 13.3. The Balaban J connectivity index is 1.84. The van der Waals surface area contributed by atoms with Crippen LogP contribution in [0.25, 0.3) is 0 Å². The van der Waals surface area contributed by atoms with Crippen molar-refractivity contribution in [3.63, 3.8) is 0 Å². The summed E-state index contributed by atoms with van der Waals surface area (Å²) in [5.41, 5.74) is 0. The first-order chi connectivity index (χ1) is 8.66. The molecule has 2 heterocycles. The molecule has 6 heteroatoms. The van der Waals surface area contributed by atoms with Crippen molar-refractivity contribution in [3.05, 3.63) is 0 Å². The van der Waals surface area contributed by atoms with Crippen LogP contribution in [0.4, 0.5) is 0 Å². The topological polar surface area (TPSA) is 72.9 Å². The predicted molar refractivity (Wildman–Crippen MR) is 66.3 cm³/mol. The number of rotatable bonds is 3. The number of nitrogens with one attached hydrogen (secondary N) is 1. The molecule has 6 nitrogen and oxygen atoms in total. The summed E-state index contributed by atoms with van der Waals surface area (Å²) in [4.78, 5) is 26.7. The number of nitrogens with zero attached hydrogens (tertiary/aromatic N) is 2. The van der Waals surface area contributed by atoms with Crippen LogP contribution in [-0.4, -0.2) is 72.1 Å². The third kappa shape index (κ3) is 3.43. The van der Waals surface area contributed by atoms with Crippen LogP contribution in [0.2, 0.25) is 0 Å². The van der Waals surface area contributed by atoms with Crippen LogP contribution < -0.4 is 5.32 Å². The van der Waals surface area contributed by atoms with Crippen molar-refractivity contribution in [2.75, 3.05) is 39.3 Å². The summed E-state index contributed by atoms with van der Waals surface area (Å²) in [7, 11) is 0. The zero-order valence-electron chi connectivity index (χ0n) is 10.6. The molecule has 0 aromatic heterocycles. The number of hydrogen-bond donors (Lipinski definition) is 2. The van der Waals surface area contributed by atoms with Crippen molar-refractivity contribution < 1.29 is 14.7 Å². The van der Waals surface area contributed by atoms with Crippen LogP contribution >= 0.6 is 0 Å². The minimum Gasteiger partial charge on any atom is -0.480 e. The van der Waals surface area contributed by atoms with E-state index in [1.165, 1.54) is 0 Å². The summed E-state index contributed by atoms with van der Waals surface area (Å²) >= 11 is 0. The van der Waals surface area contributed by atoms with Gasteiger partial charge in [0.2, 0.25) is 5.91 Å². The SMILES string of the molecule is O=C(O)CN1CCCN(C(=O)[C@@H]2CCCN2)CC1. The fourth-order valence-electron chi connectivity index (χ4n) is 2.66. The summed E-state index contributed by atoms with van der Waals surface area (Å²) < 4.78 is 0. The quantitative estimate of drug-likeness (QED) is 0.701. The molecule has 2 aliphatic heterocycles. The molecule has 2 aliphatic rings. The van der Waals surface area contributed by atoms with Gasteiger partial charge in [-0.3, -0.25) is 14.5 Å². The second-order valence-corrected chi connectivity index (χ2v) is 5.00. The molecular weight excluding hydrogens is 234 g/mol. The molecular formula is C12H21N3O3. The molecule has 2 fully saturated rings. The highest BCUT2D eigenvalue weighted by Crippen LogP contribution is 2.11. The minimum atomic E-state index is -0.799. The smallest absolute Gasteiger partial charge is 0.317 e. The van der Waals surface area contributed by atoms with Gasteiger partial charge in [0.25, 0.3) is 0 Å². The lowest BCUT2D eigenvalue weighted by atomic mass is 10.2. The van der Waals surface area contributed by atoms with E-state index >= 15 is 0 Å². The van der Waals surface area contributed by atoms with Gasteiger partial charge in [-0.25, -0.2) is 0 Å². The lowest BCUT2D eigenvalue weighted by Gasteiger charge is -2.24. The second kappa shape index (κ2) is 6.15. The molecule has 2 N–H and O–H groups in total. The van der Waals surface area contributed by atoms with E-state index in [0.717, 1.165) is 38.9 Å². The van der Waals surface area contributed by atoms with E-state index in [1.807, 2.05) is 9.80 Å². The zero-order valence-corrected chi connectivity index (χ0v) is 10.6. The van der Waals surface area contributed by atoms with E-state index in [9.17, 15) is 9.59 Å². The van der Waals surface area contributed by atoms with Gasteiger partial charge in [-0.2, -0.15) is 0 Å². The van der Waals surface area contributed by atoms with Gasteiger partial charge in [0, 0.05) is 26.2 Å². The van der Waals surface area contributed by atoms with Gasteiger partial charge in [-0.15, -0.1) is 0 Å². The Bertz CT molecular complexity index is 316. The third-order valence-corrected chi connectivity index (χ3v) is 3.62. The summed E-state index contributed by atoms with van der Waals surface area (Å²) in [6, 6.07) is -0.0176. The van der Waals surface area contributed by atoms with Crippen LogP contribution in [0.15, 0.2) is 0 Å². The molecule has 0 unspecified atom stereocenters. The Morgan fingerprint density at radius 2 is 2.00 bits per heavy atom. The number of carboxylic acids is 1. The van der Waals surface area contributed by atoms with Crippen LogP contribution in [0.5, 0.6) is 0 Å². The maximum atomic E-state index is 12.2. The van der Waals surface area contributed by atoms with Crippen molar-refractivity contribution >= 4 is 11.9 Å². The molecule has 18 heavy (non-hydrogen) atoms. The first-order valence-corrected chi connectivity index (χ1v) is 6.63. The van der Waals surface area contributed by atoms with Crippen molar-refractivity contribution in [3.8, 4) is 0 Å². The lowest BCUT2D eigenvalue weighted by molar-refractivity contribution is -0.138. The standard InChI is InChI=1S/C12H21N3O3/c16-11(17)9-14-5-2-6-15(8-7-14)12(18)10-3-1-4-13-10/h10,13H,1-9H2,(H,16,17)/t10-/m0/s1. The predicted octanol–water partition coefficient (Wildman–Crippen LogP) is -0.643. The van der Waals surface area contributed by atoms with Crippen LogP contribution in [0, 0.1) is 0 Å². The van der Waals surface area contributed by atoms with Gasteiger partial charge in [0.05, 0.1) is 12.6 Å². The molecule has 1 amide bonds. The first-order valence-electron chi connectivity index (χ1n) is 6.63. The number of hydrogen-bond acceptors (Lipinski definition) is 4. The summed E-state index contributed by atoms with van der Waals surface area (Å²) in [6.07, 6.45) is 2.84. The molecule has 2 rings (SSSR count).